The van der Waals surface area contributed by atoms with Crippen molar-refractivity contribution in [2.45, 2.75) is 13.8 Å². The van der Waals surface area contributed by atoms with Gasteiger partial charge in [-0.05, 0) is 42.7 Å². The summed E-state index contributed by atoms with van der Waals surface area (Å²) < 4.78 is 1.16. The predicted molar refractivity (Wildman–Crippen MR) is 66.8 cm³/mol. The first-order valence-electron chi connectivity index (χ1n) is 4.86. The first-order chi connectivity index (χ1) is 7.20. The lowest BCUT2D eigenvalue weighted by atomic mass is 9.98. The average Bonchev–Trinajstić information content (AvgIpc) is 2.27. The van der Waals surface area contributed by atoms with Crippen molar-refractivity contribution in [1.29, 1.82) is 0 Å². The molecule has 0 N–H and O–H groups in total. The largest absolute Gasteiger partial charge is 0.264 e. The SMILES string of the molecule is Cc1c(Br)ccc(-c2cccnc2)c1C. The Bertz CT molecular complexity index is 477. The van der Waals surface area contributed by atoms with Gasteiger partial charge >= 0.3 is 0 Å². The van der Waals surface area contributed by atoms with Crippen molar-refractivity contribution >= 4 is 15.9 Å². The van der Waals surface area contributed by atoms with Crippen LogP contribution in [0.2, 0.25) is 0 Å². The summed E-state index contributed by atoms with van der Waals surface area (Å²) in [5.41, 5.74) is 5.02. The lowest BCUT2D eigenvalue weighted by Gasteiger charge is -2.09. The van der Waals surface area contributed by atoms with E-state index in [1.807, 2.05) is 12.3 Å². The van der Waals surface area contributed by atoms with Gasteiger partial charge in [-0.2, -0.15) is 0 Å². The zero-order chi connectivity index (χ0) is 10.8. The van der Waals surface area contributed by atoms with Gasteiger partial charge in [0.25, 0.3) is 0 Å². The normalized spacial score (nSPS) is 10.3. The van der Waals surface area contributed by atoms with Crippen LogP contribution in [0.3, 0.4) is 0 Å². The number of benzene rings is 1. The van der Waals surface area contributed by atoms with Crippen LogP contribution in [0.1, 0.15) is 11.1 Å². The number of pyridine rings is 1. The average molecular weight is 262 g/mol. The highest BCUT2D eigenvalue weighted by Crippen LogP contribution is 2.29. The fourth-order valence-corrected chi connectivity index (χ4v) is 2.05. The lowest BCUT2D eigenvalue weighted by molar-refractivity contribution is 1.29. The van der Waals surface area contributed by atoms with Gasteiger partial charge in [0, 0.05) is 22.4 Å². The van der Waals surface area contributed by atoms with Gasteiger partial charge in [-0.3, -0.25) is 4.98 Å². The van der Waals surface area contributed by atoms with Gasteiger partial charge in [-0.15, -0.1) is 0 Å². The third-order valence-corrected chi connectivity index (χ3v) is 3.55. The van der Waals surface area contributed by atoms with Crippen LogP contribution in [-0.4, -0.2) is 4.98 Å². The molecule has 1 heterocycles. The van der Waals surface area contributed by atoms with Crippen LogP contribution in [0.4, 0.5) is 0 Å². The second kappa shape index (κ2) is 4.15. The number of hydrogen-bond donors (Lipinski definition) is 0. The Balaban J connectivity index is 2.60. The van der Waals surface area contributed by atoms with Crippen LogP contribution in [0.15, 0.2) is 41.1 Å². The maximum Gasteiger partial charge on any atom is 0.0346 e. The van der Waals surface area contributed by atoms with Crippen molar-refractivity contribution in [1.82, 2.24) is 4.98 Å². The summed E-state index contributed by atoms with van der Waals surface area (Å²) in [6.07, 6.45) is 3.69. The van der Waals surface area contributed by atoms with E-state index in [9.17, 15) is 0 Å². The molecular weight excluding hydrogens is 250 g/mol. The second-order valence-electron chi connectivity index (χ2n) is 3.59. The number of aromatic nitrogens is 1. The Hall–Kier alpha value is -1.15. The van der Waals surface area contributed by atoms with Crippen LogP contribution < -0.4 is 0 Å². The Kier molecular flexibility index (Phi) is 2.87. The molecular formula is C13H12BrN. The molecule has 0 saturated heterocycles. The summed E-state index contributed by atoms with van der Waals surface area (Å²) in [4.78, 5) is 4.14. The Labute approximate surface area is 98.3 Å². The van der Waals surface area contributed by atoms with Crippen molar-refractivity contribution in [3.05, 3.63) is 52.3 Å². The molecule has 0 saturated carbocycles. The molecule has 0 aliphatic carbocycles. The van der Waals surface area contributed by atoms with Crippen molar-refractivity contribution in [2.75, 3.05) is 0 Å². The van der Waals surface area contributed by atoms with Crippen LogP contribution in [-0.2, 0) is 0 Å². The predicted octanol–water partition coefficient (Wildman–Crippen LogP) is 4.13. The molecule has 0 amide bonds. The highest BCUT2D eigenvalue weighted by Gasteiger charge is 2.05. The maximum atomic E-state index is 4.14. The smallest absolute Gasteiger partial charge is 0.0346 e. The summed E-state index contributed by atoms with van der Waals surface area (Å²) in [5.74, 6) is 0. The van der Waals surface area contributed by atoms with Gasteiger partial charge in [-0.25, -0.2) is 0 Å². The topological polar surface area (TPSA) is 12.9 Å². The zero-order valence-corrected chi connectivity index (χ0v) is 10.4. The Morgan fingerprint density at radius 3 is 2.53 bits per heavy atom. The van der Waals surface area contributed by atoms with Crippen LogP contribution in [0, 0.1) is 13.8 Å². The summed E-state index contributed by atoms with van der Waals surface area (Å²) in [5, 5.41) is 0. The molecule has 0 atom stereocenters. The summed E-state index contributed by atoms with van der Waals surface area (Å²) >= 11 is 3.54. The molecule has 76 valence electrons. The van der Waals surface area contributed by atoms with Crippen LogP contribution in [0.5, 0.6) is 0 Å². The van der Waals surface area contributed by atoms with E-state index in [0.29, 0.717) is 0 Å². The molecule has 2 aromatic rings. The first kappa shape index (κ1) is 10.4. The van der Waals surface area contributed by atoms with Gasteiger partial charge in [0.1, 0.15) is 0 Å². The lowest BCUT2D eigenvalue weighted by Crippen LogP contribution is -1.88. The van der Waals surface area contributed by atoms with Crippen molar-refractivity contribution < 1.29 is 0 Å². The third kappa shape index (κ3) is 1.95. The minimum atomic E-state index is 1.16. The number of halogens is 1. The van der Waals surface area contributed by atoms with E-state index in [1.165, 1.54) is 22.3 Å². The van der Waals surface area contributed by atoms with E-state index in [-0.39, 0.29) is 0 Å². The van der Waals surface area contributed by atoms with E-state index >= 15 is 0 Å². The standard InChI is InChI=1S/C13H12BrN/c1-9-10(2)13(14)6-5-12(9)11-4-3-7-15-8-11/h3-8H,1-2H3. The van der Waals surface area contributed by atoms with E-state index in [2.05, 4.69) is 53.0 Å². The molecule has 0 radical (unpaired) electrons. The summed E-state index contributed by atoms with van der Waals surface area (Å²) in [7, 11) is 0. The third-order valence-electron chi connectivity index (χ3n) is 2.69. The van der Waals surface area contributed by atoms with Gasteiger partial charge in [0.15, 0.2) is 0 Å². The molecule has 0 fully saturated rings. The Morgan fingerprint density at radius 2 is 1.87 bits per heavy atom. The number of rotatable bonds is 1. The highest BCUT2D eigenvalue weighted by atomic mass is 79.9. The highest BCUT2D eigenvalue weighted by molar-refractivity contribution is 9.10. The van der Waals surface area contributed by atoms with Crippen LogP contribution >= 0.6 is 15.9 Å². The molecule has 2 heteroatoms. The van der Waals surface area contributed by atoms with Gasteiger partial charge in [0.05, 0.1) is 0 Å². The van der Waals surface area contributed by atoms with E-state index in [0.717, 1.165) is 4.47 Å². The zero-order valence-electron chi connectivity index (χ0n) is 8.79. The number of hydrogen-bond acceptors (Lipinski definition) is 1. The first-order valence-corrected chi connectivity index (χ1v) is 5.65. The van der Waals surface area contributed by atoms with E-state index in [4.69, 9.17) is 0 Å². The van der Waals surface area contributed by atoms with E-state index in [1.54, 1.807) is 6.20 Å². The molecule has 0 spiro atoms. The molecule has 1 nitrogen and oxygen atoms in total. The fourth-order valence-electron chi connectivity index (χ4n) is 1.62. The fraction of sp³-hybridized carbons (Fsp3) is 0.154. The maximum absolute atomic E-state index is 4.14. The van der Waals surface area contributed by atoms with Gasteiger partial charge < -0.3 is 0 Å². The Morgan fingerprint density at radius 1 is 1.07 bits per heavy atom. The minimum Gasteiger partial charge on any atom is -0.264 e. The van der Waals surface area contributed by atoms with Crippen molar-refractivity contribution in [3.8, 4) is 11.1 Å². The molecule has 0 aliphatic rings. The van der Waals surface area contributed by atoms with E-state index < -0.39 is 0 Å². The molecule has 0 unspecified atom stereocenters. The molecule has 0 bridgehead atoms. The monoisotopic (exact) mass is 261 g/mol. The molecule has 15 heavy (non-hydrogen) atoms. The molecule has 1 aromatic heterocycles. The van der Waals surface area contributed by atoms with Crippen molar-refractivity contribution in [2.24, 2.45) is 0 Å². The summed E-state index contributed by atoms with van der Waals surface area (Å²) in [6.45, 7) is 4.27. The summed E-state index contributed by atoms with van der Waals surface area (Å²) in [6, 6.07) is 8.27. The quantitative estimate of drug-likeness (QED) is 0.753. The molecule has 0 aliphatic heterocycles. The van der Waals surface area contributed by atoms with Crippen molar-refractivity contribution in [3.63, 3.8) is 0 Å². The minimum absolute atomic E-state index is 1.16. The molecule has 1 aromatic carbocycles. The second-order valence-corrected chi connectivity index (χ2v) is 4.44. The van der Waals surface area contributed by atoms with Crippen LogP contribution in [0.25, 0.3) is 11.1 Å². The molecule has 2 rings (SSSR count). The van der Waals surface area contributed by atoms with Gasteiger partial charge in [-0.1, -0.05) is 28.1 Å². The number of nitrogens with zero attached hydrogens (tertiary/aromatic N) is 1. The van der Waals surface area contributed by atoms with Gasteiger partial charge in [0.2, 0.25) is 0 Å².